The monoisotopic (exact) mass is 345 g/mol. The SMILES string of the molecule is O=C(N1CCCCCC1)n1cnc(-c2ccccc2)c1-c1ccccc1. The zero-order valence-electron chi connectivity index (χ0n) is 14.8. The standard InChI is InChI=1S/C22H23N3O/c26-22(24-15-9-1-2-10-16-24)25-17-23-20(18-11-5-3-6-12-18)21(25)19-13-7-4-8-14-19/h3-8,11-14,17H,1-2,9-10,15-16H2. The summed E-state index contributed by atoms with van der Waals surface area (Å²) in [5, 5.41) is 0. The Labute approximate surface area is 154 Å². The number of hydrogen-bond donors (Lipinski definition) is 0. The Morgan fingerprint density at radius 1 is 0.769 bits per heavy atom. The first-order valence-electron chi connectivity index (χ1n) is 9.32. The van der Waals surface area contributed by atoms with Crippen molar-refractivity contribution in [3.05, 3.63) is 67.0 Å². The molecule has 4 heteroatoms. The van der Waals surface area contributed by atoms with Crippen molar-refractivity contribution in [2.75, 3.05) is 13.1 Å². The van der Waals surface area contributed by atoms with Gasteiger partial charge in [-0.1, -0.05) is 73.5 Å². The van der Waals surface area contributed by atoms with Gasteiger partial charge in [0.2, 0.25) is 0 Å². The van der Waals surface area contributed by atoms with Crippen LogP contribution in [-0.4, -0.2) is 33.6 Å². The normalized spacial score (nSPS) is 14.8. The van der Waals surface area contributed by atoms with Crippen LogP contribution in [0.2, 0.25) is 0 Å². The van der Waals surface area contributed by atoms with Crippen molar-refractivity contribution in [3.8, 4) is 22.5 Å². The molecule has 4 nitrogen and oxygen atoms in total. The van der Waals surface area contributed by atoms with E-state index in [1.807, 2.05) is 65.6 Å². The molecule has 26 heavy (non-hydrogen) atoms. The van der Waals surface area contributed by atoms with Crippen LogP contribution in [0.1, 0.15) is 25.7 Å². The molecule has 0 spiro atoms. The minimum Gasteiger partial charge on any atom is -0.324 e. The fraction of sp³-hybridized carbons (Fsp3) is 0.273. The summed E-state index contributed by atoms with van der Waals surface area (Å²) >= 11 is 0. The molecular formula is C22H23N3O. The average molecular weight is 345 g/mol. The molecule has 4 rings (SSSR count). The lowest BCUT2D eigenvalue weighted by Crippen LogP contribution is -2.35. The molecule has 3 aromatic rings. The maximum Gasteiger partial charge on any atom is 0.329 e. The van der Waals surface area contributed by atoms with Gasteiger partial charge >= 0.3 is 6.03 Å². The number of hydrogen-bond acceptors (Lipinski definition) is 2. The van der Waals surface area contributed by atoms with Crippen LogP contribution in [0.3, 0.4) is 0 Å². The number of likely N-dealkylation sites (tertiary alicyclic amines) is 1. The number of amides is 1. The van der Waals surface area contributed by atoms with E-state index in [4.69, 9.17) is 0 Å². The molecule has 0 unspecified atom stereocenters. The van der Waals surface area contributed by atoms with Gasteiger partial charge in [0.05, 0.1) is 11.4 Å². The van der Waals surface area contributed by atoms with Crippen molar-refractivity contribution in [2.24, 2.45) is 0 Å². The van der Waals surface area contributed by atoms with Gasteiger partial charge in [-0.15, -0.1) is 0 Å². The first-order chi connectivity index (χ1) is 12.8. The average Bonchev–Trinajstić information content (AvgIpc) is 2.96. The molecule has 1 aliphatic rings. The van der Waals surface area contributed by atoms with Gasteiger partial charge < -0.3 is 4.90 Å². The molecule has 1 aliphatic heterocycles. The van der Waals surface area contributed by atoms with E-state index in [0.29, 0.717) is 0 Å². The van der Waals surface area contributed by atoms with Crippen molar-refractivity contribution >= 4 is 6.03 Å². The molecule has 1 amide bonds. The Kier molecular flexibility index (Phi) is 4.82. The second kappa shape index (κ2) is 7.56. The summed E-state index contributed by atoms with van der Waals surface area (Å²) in [6.45, 7) is 1.65. The van der Waals surface area contributed by atoms with Crippen LogP contribution in [0.25, 0.3) is 22.5 Å². The molecular weight excluding hydrogens is 322 g/mol. The van der Waals surface area contributed by atoms with Crippen molar-refractivity contribution in [1.29, 1.82) is 0 Å². The molecule has 0 atom stereocenters. The summed E-state index contributed by atoms with van der Waals surface area (Å²) in [7, 11) is 0. The fourth-order valence-electron chi connectivity index (χ4n) is 3.59. The Bertz CT molecular complexity index is 863. The Hall–Kier alpha value is -2.88. The highest BCUT2D eigenvalue weighted by Gasteiger charge is 2.23. The van der Waals surface area contributed by atoms with Crippen LogP contribution in [0.15, 0.2) is 67.0 Å². The van der Waals surface area contributed by atoms with Crippen LogP contribution in [0.5, 0.6) is 0 Å². The summed E-state index contributed by atoms with van der Waals surface area (Å²) < 4.78 is 1.73. The predicted octanol–water partition coefficient (Wildman–Crippen LogP) is 5.06. The summed E-state index contributed by atoms with van der Waals surface area (Å²) in [6.07, 6.45) is 6.24. The van der Waals surface area contributed by atoms with Crippen molar-refractivity contribution in [1.82, 2.24) is 14.5 Å². The summed E-state index contributed by atoms with van der Waals surface area (Å²) in [4.78, 5) is 19.8. The highest BCUT2D eigenvalue weighted by Crippen LogP contribution is 2.31. The third-order valence-electron chi connectivity index (χ3n) is 4.94. The number of nitrogens with zero attached hydrogens (tertiary/aromatic N) is 3. The number of aromatic nitrogens is 2. The zero-order chi connectivity index (χ0) is 17.8. The van der Waals surface area contributed by atoms with Gasteiger partial charge in [-0.2, -0.15) is 0 Å². The third-order valence-corrected chi connectivity index (χ3v) is 4.94. The van der Waals surface area contributed by atoms with Gasteiger partial charge in [0.1, 0.15) is 6.33 Å². The number of carbonyl (C=O) groups excluding carboxylic acids is 1. The van der Waals surface area contributed by atoms with Gasteiger partial charge in [-0.05, 0) is 12.8 Å². The minimum atomic E-state index is 0.0282. The second-order valence-corrected chi connectivity index (χ2v) is 6.73. The van der Waals surface area contributed by atoms with Crippen LogP contribution in [0, 0.1) is 0 Å². The van der Waals surface area contributed by atoms with E-state index in [9.17, 15) is 4.79 Å². The summed E-state index contributed by atoms with van der Waals surface area (Å²) in [5.74, 6) is 0. The molecule has 0 bridgehead atoms. The zero-order valence-corrected chi connectivity index (χ0v) is 14.8. The van der Waals surface area contributed by atoms with Gasteiger partial charge in [0.15, 0.2) is 0 Å². The maximum atomic E-state index is 13.2. The lowest BCUT2D eigenvalue weighted by Gasteiger charge is -2.21. The highest BCUT2D eigenvalue weighted by atomic mass is 16.2. The first-order valence-corrected chi connectivity index (χ1v) is 9.32. The number of imidazole rings is 1. The van der Waals surface area contributed by atoms with Crippen molar-refractivity contribution in [3.63, 3.8) is 0 Å². The van der Waals surface area contributed by atoms with E-state index in [-0.39, 0.29) is 6.03 Å². The van der Waals surface area contributed by atoms with E-state index < -0.39 is 0 Å². The van der Waals surface area contributed by atoms with Gasteiger partial charge in [-0.3, -0.25) is 0 Å². The van der Waals surface area contributed by atoms with Crippen LogP contribution < -0.4 is 0 Å². The van der Waals surface area contributed by atoms with Crippen molar-refractivity contribution < 1.29 is 4.79 Å². The van der Waals surface area contributed by atoms with E-state index in [0.717, 1.165) is 48.4 Å². The lowest BCUT2D eigenvalue weighted by atomic mass is 10.0. The molecule has 0 aliphatic carbocycles. The molecule has 0 saturated carbocycles. The van der Waals surface area contributed by atoms with Crippen molar-refractivity contribution in [2.45, 2.75) is 25.7 Å². The predicted molar refractivity (Wildman–Crippen MR) is 104 cm³/mol. The molecule has 132 valence electrons. The molecule has 1 saturated heterocycles. The van der Waals surface area contributed by atoms with Crippen LogP contribution >= 0.6 is 0 Å². The number of benzene rings is 2. The minimum absolute atomic E-state index is 0.0282. The topological polar surface area (TPSA) is 38.1 Å². The third kappa shape index (κ3) is 3.27. The molecule has 1 aromatic heterocycles. The Morgan fingerprint density at radius 3 is 1.96 bits per heavy atom. The van der Waals surface area contributed by atoms with E-state index in [2.05, 4.69) is 4.98 Å². The molecule has 1 fully saturated rings. The first kappa shape index (κ1) is 16.6. The quantitative estimate of drug-likeness (QED) is 0.651. The lowest BCUT2D eigenvalue weighted by molar-refractivity contribution is 0.202. The van der Waals surface area contributed by atoms with Gasteiger partial charge in [0.25, 0.3) is 0 Å². The maximum absolute atomic E-state index is 13.2. The number of carbonyl (C=O) groups is 1. The Balaban J connectivity index is 1.80. The van der Waals surface area contributed by atoms with Crippen LogP contribution in [0.4, 0.5) is 4.79 Å². The molecule has 0 N–H and O–H groups in total. The van der Waals surface area contributed by atoms with Gasteiger partial charge in [-0.25, -0.2) is 14.3 Å². The Morgan fingerprint density at radius 2 is 1.35 bits per heavy atom. The molecule has 0 radical (unpaired) electrons. The van der Waals surface area contributed by atoms with E-state index in [1.54, 1.807) is 10.9 Å². The molecule has 2 heterocycles. The van der Waals surface area contributed by atoms with E-state index in [1.165, 1.54) is 12.8 Å². The fourth-order valence-corrected chi connectivity index (χ4v) is 3.59. The van der Waals surface area contributed by atoms with Gasteiger partial charge in [0, 0.05) is 24.2 Å². The summed E-state index contributed by atoms with van der Waals surface area (Å²) in [6, 6.07) is 20.2. The molecule has 2 aromatic carbocycles. The summed E-state index contributed by atoms with van der Waals surface area (Å²) in [5.41, 5.74) is 3.74. The highest BCUT2D eigenvalue weighted by molar-refractivity contribution is 5.88. The number of rotatable bonds is 2. The van der Waals surface area contributed by atoms with E-state index >= 15 is 0 Å². The smallest absolute Gasteiger partial charge is 0.324 e. The van der Waals surface area contributed by atoms with Crippen LogP contribution in [-0.2, 0) is 0 Å². The largest absolute Gasteiger partial charge is 0.329 e. The second-order valence-electron chi connectivity index (χ2n) is 6.73.